The van der Waals surface area contributed by atoms with Gasteiger partial charge in [-0.05, 0) is 43.0 Å². The average molecular weight is 434 g/mol. The Labute approximate surface area is 185 Å². The number of thiophene rings is 1. The molecule has 1 N–H and O–H groups in total. The highest BCUT2D eigenvalue weighted by Crippen LogP contribution is 2.42. The molecule has 4 rings (SSSR count). The van der Waals surface area contributed by atoms with E-state index in [1.54, 1.807) is 12.1 Å². The van der Waals surface area contributed by atoms with Gasteiger partial charge >= 0.3 is 0 Å². The van der Waals surface area contributed by atoms with Gasteiger partial charge in [0.25, 0.3) is 11.7 Å². The van der Waals surface area contributed by atoms with Crippen LogP contribution in [0.1, 0.15) is 33.2 Å². The van der Waals surface area contributed by atoms with E-state index in [0.717, 1.165) is 21.6 Å². The zero-order chi connectivity index (χ0) is 22.1. The SMILES string of the molecule is COc1ccc(C)cc1/C(O)=C1\C(=O)C(=O)N(Cc2cccs2)C1c1cccc(C)c1. The van der Waals surface area contributed by atoms with Gasteiger partial charge in [-0.3, -0.25) is 9.59 Å². The van der Waals surface area contributed by atoms with Gasteiger partial charge in [0, 0.05) is 4.88 Å². The predicted molar refractivity (Wildman–Crippen MR) is 121 cm³/mol. The minimum atomic E-state index is -0.691. The van der Waals surface area contributed by atoms with Crippen molar-refractivity contribution < 1.29 is 19.4 Å². The molecule has 2 heterocycles. The van der Waals surface area contributed by atoms with E-state index in [2.05, 4.69) is 0 Å². The monoisotopic (exact) mass is 433 g/mol. The quantitative estimate of drug-likeness (QED) is 0.350. The average Bonchev–Trinajstić information content (AvgIpc) is 3.35. The third-order valence-corrected chi connectivity index (χ3v) is 6.28. The molecule has 0 aliphatic carbocycles. The molecule has 5 nitrogen and oxygen atoms in total. The molecule has 31 heavy (non-hydrogen) atoms. The number of hydrogen-bond acceptors (Lipinski definition) is 5. The number of nitrogens with zero attached hydrogens (tertiary/aromatic N) is 1. The van der Waals surface area contributed by atoms with Crippen LogP contribution in [-0.4, -0.2) is 28.8 Å². The molecule has 1 atom stereocenters. The molecule has 0 spiro atoms. The van der Waals surface area contributed by atoms with Crippen LogP contribution in [0.3, 0.4) is 0 Å². The molecular formula is C25H23NO4S. The number of aliphatic hydroxyl groups is 1. The van der Waals surface area contributed by atoms with E-state index in [9.17, 15) is 14.7 Å². The summed E-state index contributed by atoms with van der Waals surface area (Å²) in [6, 6.07) is 16.2. The Morgan fingerprint density at radius 1 is 1.06 bits per heavy atom. The molecule has 1 amide bonds. The van der Waals surface area contributed by atoms with E-state index >= 15 is 0 Å². The molecule has 0 radical (unpaired) electrons. The van der Waals surface area contributed by atoms with Crippen molar-refractivity contribution in [1.29, 1.82) is 0 Å². The highest BCUT2D eigenvalue weighted by molar-refractivity contribution is 7.09. The summed E-state index contributed by atoms with van der Waals surface area (Å²) >= 11 is 1.52. The first-order valence-electron chi connectivity index (χ1n) is 9.93. The third kappa shape index (κ3) is 3.86. The maximum atomic E-state index is 13.2. The second-order valence-corrected chi connectivity index (χ2v) is 8.66. The van der Waals surface area contributed by atoms with Crippen molar-refractivity contribution >= 4 is 28.8 Å². The molecule has 1 aliphatic heterocycles. The Bertz CT molecular complexity index is 1180. The highest BCUT2D eigenvalue weighted by atomic mass is 32.1. The summed E-state index contributed by atoms with van der Waals surface area (Å²) in [6.07, 6.45) is 0. The van der Waals surface area contributed by atoms with Gasteiger partial charge in [-0.25, -0.2) is 0 Å². The third-order valence-electron chi connectivity index (χ3n) is 5.41. The van der Waals surface area contributed by atoms with Gasteiger partial charge in [-0.15, -0.1) is 11.3 Å². The minimum Gasteiger partial charge on any atom is -0.507 e. The van der Waals surface area contributed by atoms with Crippen molar-refractivity contribution in [2.24, 2.45) is 0 Å². The normalized spacial score (nSPS) is 17.9. The summed E-state index contributed by atoms with van der Waals surface area (Å²) in [4.78, 5) is 28.7. The number of methoxy groups -OCH3 is 1. The summed E-state index contributed by atoms with van der Waals surface area (Å²) in [5, 5.41) is 13.2. The van der Waals surface area contributed by atoms with Gasteiger partial charge in [0.05, 0.1) is 30.8 Å². The molecule has 0 bridgehead atoms. The van der Waals surface area contributed by atoms with E-state index < -0.39 is 17.7 Å². The number of carbonyl (C=O) groups is 2. The number of aryl methyl sites for hydroxylation is 2. The van der Waals surface area contributed by atoms with Crippen LogP contribution < -0.4 is 4.74 Å². The summed E-state index contributed by atoms with van der Waals surface area (Å²) < 4.78 is 5.41. The Morgan fingerprint density at radius 3 is 2.52 bits per heavy atom. The largest absolute Gasteiger partial charge is 0.507 e. The van der Waals surface area contributed by atoms with Crippen molar-refractivity contribution in [2.75, 3.05) is 7.11 Å². The second kappa shape index (κ2) is 8.40. The summed E-state index contributed by atoms with van der Waals surface area (Å²) in [5.41, 5.74) is 3.17. The summed E-state index contributed by atoms with van der Waals surface area (Å²) in [6.45, 7) is 4.14. The molecule has 1 unspecified atom stereocenters. The molecule has 6 heteroatoms. The zero-order valence-corrected chi connectivity index (χ0v) is 18.4. The molecule has 3 aromatic rings. The number of hydrogen-bond donors (Lipinski definition) is 1. The first-order valence-corrected chi connectivity index (χ1v) is 10.8. The van der Waals surface area contributed by atoms with Crippen LogP contribution in [0.5, 0.6) is 5.75 Å². The number of carbonyl (C=O) groups excluding carboxylic acids is 2. The molecule has 0 saturated carbocycles. The van der Waals surface area contributed by atoms with E-state index in [4.69, 9.17) is 4.74 Å². The van der Waals surface area contributed by atoms with E-state index in [1.807, 2.05) is 61.7 Å². The lowest BCUT2D eigenvalue weighted by atomic mass is 9.93. The lowest BCUT2D eigenvalue weighted by Crippen LogP contribution is -2.28. The number of amides is 1. The van der Waals surface area contributed by atoms with Gasteiger partial charge in [0.15, 0.2) is 0 Å². The molecule has 158 valence electrons. The van der Waals surface area contributed by atoms with Gasteiger partial charge in [0.2, 0.25) is 0 Å². The second-order valence-electron chi connectivity index (χ2n) is 7.62. The standard InChI is InChI=1S/C25H23NO4S/c1-15-6-4-7-17(12-15)22-21(23(27)19-13-16(2)9-10-20(19)30-3)24(28)25(29)26(22)14-18-8-5-11-31-18/h4-13,22,27H,14H2,1-3H3/b23-21+. The van der Waals surface area contributed by atoms with Crippen molar-refractivity contribution in [3.05, 3.63) is 92.7 Å². The fourth-order valence-electron chi connectivity index (χ4n) is 3.95. The fraction of sp³-hybridized carbons (Fsp3) is 0.200. The molecule has 1 saturated heterocycles. The molecule has 1 aliphatic rings. The molecule has 1 fully saturated rings. The van der Waals surface area contributed by atoms with Gasteiger partial charge in [-0.1, -0.05) is 47.5 Å². The number of benzene rings is 2. The Hall–Kier alpha value is -3.38. The van der Waals surface area contributed by atoms with Gasteiger partial charge in [0.1, 0.15) is 11.5 Å². The smallest absolute Gasteiger partial charge is 0.295 e. The maximum absolute atomic E-state index is 13.2. The maximum Gasteiger partial charge on any atom is 0.295 e. The van der Waals surface area contributed by atoms with Crippen molar-refractivity contribution in [2.45, 2.75) is 26.4 Å². The van der Waals surface area contributed by atoms with Gasteiger partial charge < -0.3 is 14.7 Å². The van der Waals surface area contributed by atoms with Crippen LogP contribution in [-0.2, 0) is 16.1 Å². The number of ketones is 1. The van der Waals surface area contributed by atoms with Crippen molar-refractivity contribution in [3.8, 4) is 5.75 Å². The summed E-state index contributed by atoms with van der Waals surface area (Å²) in [5.74, 6) is -1.09. The van der Waals surface area contributed by atoms with Crippen LogP contribution in [0.2, 0.25) is 0 Å². The number of likely N-dealkylation sites (tertiary alicyclic amines) is 1. The van der Waals surface area contributed by atoms with E-state index in [0.29, 0.717) is 17.9 Å². The van der Waals surface area contributed by atoms with E-state index in [1.165, 1.54) is 23.3 Å². The van der Waals surface area contributed by atoms with Crippen LogP contribution in [0.4, 0.5) is 0 Å². The molecular weight excluding hydrogens is 410 g/mol. The number of ether oxygens (including phenoxy) is 1. The lowest BCUT2D eigenvalue weighted by Gasteiger charge is -2.25. The molecule has 1 aromatic heterocycles. The first kappa shape index (κ1) is 20.9. The minimum absolute atomic E-state index is 0.0797. The van der Waals surface area contributed by atoms with Crippen molar-refractivity contribution in [1.82, 2.24) is 4.90 Å². The Balaban J connectivity index is 1.92. The fourth-order valence-corrected chi connectivity index (χ4v) is 4.65. The topological polar surface area (TPSA) is 66.8 Å². The number of Topliss-reactive ketones (excluding diaryl/α,β-unsaturated/α-hetero) is 1. The lowest BCUT2D eigenvalue weighted by molar-refractivity contribution is -0.140. The zero-order valence-electron chi connectivity index (χ0n) is 17.6. The van der Waals surface area contributed by atoms with Crippen LogP contribution in [0.25, 0.3) is 5.76 Å². The summed E-state index contributed by atoms with van der Waals surface area (Å²) in [7, 11) is 1.51. The Morgan fingerprint density at radius 2 is 1.84 bits per heavy atom. The van der Waals surface area contributed by atoms with Crippen molar-refractivity contribution in [3.63, 3.8) is 0 Å². The highest BCUT2D eigenvalue weighted by Gasteiger charge is 2.46. The van der Waals surface area contributed by atoms with Crippen LogP contribution >= 0.6 is 11.3 Å². The van der Waals surface area contributed by atoms with Gasteiger partial charge in [-0.2, -0.15) is 0 Å². The van der Waals surface area contributed by atoms with Crippen LogP contribution in [0, 0.1) is 13.8 Å². The van der Waals surface area contributed by atoms with E-state index in [-0.39, 0.29) is 11.3 Å². The van der Waals surface area contributed by atoms with Crippen LogP contribution in [0.15, 0.2) is 65.6 Å². The predicted octanol–water partition coefficient (Wildman–Crippen LogP) is 5.00. The first-order chi connectivity index (χ1) is 14.9. The Kier molecular flexibility index (Phi) is 5.65. The molecule has 2 aromatic carbocycles. The number of aliphatic hydroxyl groups excluding tert-OH is 1. The number of rotatable bonds is 5.